The van der Waals surface area contributed by atoms with Gasteiger partial charge in [-0.15, -0.1) is 0 Å². The van der Waals surface area contributed by atoms with Gasteiger partial charge in [0.15, 0.2) is 11.9 Å². The third-order valence-corrected chi connectivity index (χ3v) is 2.60. The fraction of sp³-hybridized carbons (Fsp3) is 0.417. The van der Waals surface area contributed by atoms with E-state index < -0.39 is 24.4 Å². The third-order valence-electron chi connectivity index (χ3n) is 2.60. The van der Waals surface area contributed by atoms with Gasteiger partial charge in [0.1, 0.15) is 12.2 Å². The maximum Gasteiger partial charge on any atom is 0.154 e. The Labute approximate surface area is 99.0 Å². The van der Waals surface area contributed by atoms with Gasteiger partial charge in [-0.25, -0.2) is 0 Å². The lowest BCUT2D eigenvalue weighted by Gasteiger charge is -2.30. The normalized spacial score (nSPS) is 18.1. The molecule has 17 heavy (non-hydrogen) atoms. The molecule has 4 N–H and O–H groups in total. The van der Waals surface area contributed by atoms with Crippen LogP contribution in [0.25, 0.3) is 0 Å². The van der Waals surface area contributed by atoms with Crippen LogP contribution in [0, 0.1) is 0 Å². The molecule has 3 atom stereocenters. The molecule has 0 amide bonds. The minimum atomic E-state index is -2.11. The van der Waals surface area contributed by atoms with Gasteiger partial charge in [-0.1, -0.05) is 30.3 Å². The molecule has 0 radical (unpaired) electrons. The van der Waals surface area contributed by atoms with E-state index in [1.807, 2.05) is 0 Å². The van der Waals surface area contributed by atoms with Gasteiger partial charge in [-0.2, -0.15) is 0 Å². The summed E-state index contributed by atoms with van der Waals surface area (Å²) in [7, 11) is 0. The number of carbonyl (C=O) groups excluding carboxylic acids is 1. The molecule has 3 unspecified atom stereocenters. The minimum absolute atomic E-state index is 0.129. The van der Waals surface area contributed by atoms with E-state index in [0.717, 1.165) is 0 Å². The van der Waals surface area contributed by atoms with Crippen molar-refractivity contribution in [2.45, 2.75) is 24.2 Å². The molecule has 0 saturated carbocycles. The predicted molar refractivity (Wildman–Crippen MR) is 60.3 cm³/mol. The van der Waals surface area contributed by atoms with E-state index in [1.165, 1.54) is 0 Å². The zero-order chi connectivity index (χ0) is 12.9. The molecule has 0 aliphatic heterocycles. The average Bonchev–Trinajstić information content (AvgIpc) is 2.37. The molecule has 0 fully saturated rings. The summed E-state index contributed by atoms with van der Waals surface area (Å²) in [6.45, 7) is -0.730. The highest BCUT2D eigenvalue weighted by Crippen LogP contribution is 2.18. The van der Waals surface area contributed by atoms with Gasteiger partial charge in [0, 0.05) is 6.42 Å². The quantitative estimate of drug-likeness (QED) is 0.472. The predicted octanol–water partition coefficient (Wildman–Crippen LogP) is -1.13. The van der Waals surface area contributed by atoms with Gasteiger partial charge in [-0.3, -0.25) is 0 Å². The lowest BCUT2D eigenvalue weighted by molar-refractivity contribution is -0.153. The van der Waals surface area contributed by atoms with Crippen LogP contribution in [0.3, 0.4) is 0 Å². The second-order valence-electron chi connectivity index (χ2n) is 3.97. The van der Waals surface area contributed by atoms with E-state index in [4.69, 9.17) is 5.11 Å². The standard InChI is InChI=1S/C12H16O5/c13-7-10(15)11(16)12(17,8-14)6-9-4-2-1-3-5-9/h1-5,8,10-11,13,15-17H,6-7H2. The van der Waals surface area contributed by atoms with Crippen molar-refractivity contribution < 1.29 is 25.2 Å². The highest BCUT2D eigenvalue weighted by atomic mass is 16.4. The first-order valence-electron chi connectivity index (χ1n) is 5.23. The van der Waals surface area contributed by atoms with Crippen molar-refractivity contribution in [3.63, 3.8) is 0 Å². The molecule has 1 rings (SSSR count). The van der Waals surface area contributed by atoms with E-state index in [9.17, 15) is 20.1 Å². The van der Waals surface area contributed by atoms with Gasteiger partial charge in [-0.05, 0) is 5.56 Å². The van der Waals surface area contributed by atoms with E-state index in [2.05, 4.69) is 0 Å². The molecule has 1 aromatic carbocycles. The second kappa shape index (κ2) is 5.88. The number of benzene rings is 1. The first kappa shape index (κ1) is 13.8. The Morgan fingerprint density at radius 1 is 1.24 bits per heavy atom. The summed E-state index contributed by atoms with van der Waals surface area (Å²) in [4.78, 5) is 10.9. The van der Waals surface area contributed by atoms with Crippen molar-refractivity contribution in [3.05, 3.63) is 35.9 Å². The average molecular weight is 240 g/mol. The first-order chi connectivity index (χ1) is 8.03. The summed E-state index contributed by atoms with van der Waals surface area (Å²) < 4.78 is 0. The Kier molecular flexibility index (Phi) is 4.77. The van der Waals surface area contributed by atoms with Crippen molar-refractivity contribution in [3.8, 4) is 0 Å². The highest BCUT2D eigenvalue weighted by molar-refractivity contribution is 5.64. The van der Waals surface area contributed by atoms with E-state index >= 15 is 0 Å². The maximum absolute atomic E-state index is 10.9. The van der Waals surface area contributed by atoms with Gasteiger partial charge in [0.25, 0.3) is 0 Å². The lowest BCUT2D eigenvalue weighted by Crippen LogP contribution is -2.53. The summed E-state index contributed by atoms with van der Waals surface area (Å²) in [6, 6.07) is 8.62. The van der Waals surface area contributed by atoms with Crippen LogP contribution in [0.5, 0.6) is 0 Å². The SMILES string of the molecule is O=CC(O)(Cc1ccccc1)C(O)C(O)CO. The molecular weight excluding hydrogens is 224 g/mol. The van der Waals surface area contributed by atoms with E-state index in [1.54, 1.807) is 30.3 Å². The Hall–Kier alpha value is -1.27. The van der Waals surface area contributed by atoms with Crippen LogP contribution in [0.1, 0.15) is 5.56 Å². The Balaban J connectivity index is 2.85. The Bertz CT molecular complexity index is 353. The lowest BCUT2D eigenvalue weighted by atomic mass is 9.87. The molecule has 0 spiro atoms. The summed E-state index contributed by atoms with van der Waals surface area (Å²) in [5.74, 6) is 0. The van der Waals surface area contributed by atoms with Gasteiger partial charge >= 0.3 is 0 Å². The Morgan fingerprint density at radius 3 is 2.29 bits per heavy atom. The zero-order valence-corrected chi connectivity index (χ0v) is 9.23. The van der Waals surface area contributed by atoms with Crippen molar-refractivity contribution in [1.82, 2.24) is 0 Å². The molecule has 0 aliphatic rings. The Morgan fingerprint density at radius 2 is 1.82 bits per heavy atom. The molecule has 0 bridgehead atoms. The molecule has 0 heterocycles. The zero-order valence-electron chi connectivity index (χ0n) is 9.23. The van der Waals surface area contributed by atoms with Crippen LogP contribution in [0.15, 0.2) is 30.3 Å². The van der Waals surface area contributed by atoms with Crippen LogP contribution in [0.4, 0.5) is 0 Å². The van der Waals surface area contributed by atoms with Gasteiger partial charge in [0.05, 0.1) is 6.61 Å². The molecular formula is C12H16O5. The number of hydrogen-bond donors (Lipinski definition) is 4. The molecule has 0 aromatic heterocycles. The van der Waals surface area contributed by atoms with Crippen LogP contribution in [-0.2, 0) is 11.2 Å². The summed E-state index contributed by atoms with van der Waals surface area (Å²) in [5.41, 5.74) is -1.46. The van der Waals surface area contributed by atoms with Gasteiger partial charge < -0.3 is 25.2 Å². The molecule has 0 saturated heterocycles. The molecule has 0 aliphatic carbocycles. The number of hydrogen-bond acceptors (Lipinski definition) is 5. The maximum atomic E-state index is 10.9. The first-order valence-corrected chi connectivity index (χ1v) is 5.23. The fourth-order valence-corrected chi connectivity index (χ4v) is 1.57. The van der Waals surface area contributed by atoms with Crippen molar-refractivity contribution >= 4 is 6.29 Å². The van der Waals surface area contributed by atoms with Crippen LogP contribution >= 0.6 is 0 Å². The summed E-state index contributed by atoms with van der Waals surface area (Å²) >= 11 is 0. The number of rotatable bonds is 6. The summed E-state index contributed by atoms with van der Waals surface area (Å²) in [6.07, 6.45) is -3.24. The van der Waals surface area contributed by atoms with Crippen molar-refractivity contribution in [2.75, 3.05) is 6.61 Å². The van der Waals surface area contributed by atoms with Crippen LogP contribution in [-0.4, -0.2) is 51.1 Å². The highest BCUT2D eigenvalue weighted by Gasteiger charge is 2.39. The van der Waals surface area contributed by atoms with Gasteiger partial charge in [0.2, 0.25) is 0 Å². The smallest absolute Gasteiger partial charge is 0.154 e. The fourth-order valence-electron chi connectivity index (χ4n) is 1.57. The molecule has 5 heteroatoms. The number of aliphatic hydroxyl groups excluding tert-OH is 3. The molecule has 5 nitrogen and oxygen atoms in total. The third kappa shape index (κ3) is 3.34. The van der Waals surface area contributed by atoms with Crippen molar-refractivity contribution in [2.24, 2.45) is 0 Å². The number of aldehydes is 1. The molecule has 1 aromatic rings. The summed E-state index contributed by atoms with van der Waals surface area (Å²) in [5, 5.41) is 37.5. The van der Waals surface area contributed by atoms with Crippen LogP contribution in [0.2, 0.25) is 0 Å². The monoisotopic (exact) mass is 240 g/mol. The number of aliphatic hydroxyl groups is 4. The van der Waals surface area contributed by atoms with Crippen molar-refractivity contribution in [1.29, 1.82) is 0 Å². The largest absolute Gasteiger partial charge is 0.394 e. The topological polar surface area (TPSA) is 98.0 Å². The molecule has 94 valence electrons. The van der Waals surface area contributed by atoms with E-state index in [0.29, 0.717) is 5.56 Å². The van der Waals surface area contributed by atoms with E-state index in [-0.39, 0.29) is 12.7 Å². The second-order valence-corrected chi connectivity index (χ2v) is 3.97. The van der Waals surface area contributed by atoms with Crippen LogP contribution < -0.4 is 0 Å². The minimum Gasteiger partial charge on any atom is -0.394 e. The number of carbonyl (C=O) groups is 1.